The van der Waals surface area contributed by atoms with Gasteiger partial charge in [-0.3, -0.25) is 4.79 Å². The highest BCUT2D eigenvalue weighted by Gasteiger charge is 2.32. The number of nitrogens with zero attached hydrogens (tertiary/aromatic N) is 2. The average molecular weight is 368 g/mol. The van der Waals surface area contributed by atoms with Crippen molar-refractivity contribution in [1.29, 1.82) is 0 Å². The molecule has 0 saturated carbocycles. The van der Waals surface area contributed by atoms with E-state index >= 15 is 0 Å². The van der Waals surface area contributed by atoms with E-state index in [0.29, 0.717) is 23.0 Å². The first-order chi connectivity index (χ1) is 12.7. The Hall–Kier alpha value is -2.99. The zero-order valence-electron chi connectivity index (χ0n) is 13.6. The Labute approximate surface area is 154 Å². The third-order valence-electron chi connectivity index (χ3n) is 4.67. The topological polar surface area (TPSA) is 65.4 Å². The molecule has 0 radical (unpaired) electrons. The van der Waals surface area contributed by atoms with Gasteiger partial charge in [0.25, 0.3) is 0 Å². The molecule has 3 aromatic rings. The summed E-state index contributed by atoms with van der Waals surface area (Å²) in [5.41, 5.74) is 2.80. The Morgan fingerprint density at radius 2 is 2.04 bits per heavy atom. The number of carbonyl (C=O) groups is 1. The highest BCUT2D eigenvalue weighted by molar-refractivity contribution is 6.30. The molecule has 1 amide bonds. The molecule has 2 aliphatic heterocycles. The molecule has 1 N–H and O–H groups in total. The van der Waals surface area contributed by atoms with Gasteiger partial charge in [-0.1, -0.05) is 23.7 Å². The van der Waals surface area contributed by atoms with Crippen LogP contribution in [0.2, 0.25) is 5.02 Å². The minimum Gasteiger partial charge on any atom is -0.454 e. The van der Waals surface area contributed by atoms with Crippen LogP contribution in [0.25, 0.3) is 5.69 Å². The number of amides is 1. The lowest BCUT2D eigenvalue weighted by molar-refractivity contribution is -0.116. The van der Waals surface area contributed by atoms with Crippen molar-refractivity contribution in [2.45, 2.75) is 12.3 Å². The molecule has 26 heavy (non-hydrogen) atoms. The monoisotopic (exact) mass is 367 g/mol. The van der Waals surface area contributed by atoms with Crippen LogP contribution in [0.3, 0.4) is 0 Å². The van der Waals surface area contributed by atoms with E-state index in [2.05, 4.69) is 10.3 Å². The van der Waals surface area contributed by atoms with Gasteiger partial charge in [0, 0.05) is 23.0 Å². The van der Waals surface area contributed by atoms with Gasteiger partial charge >= 0.3 is 0 Å². The number of rotatable bonds is 2. The van der Waals surface area contributed by atoms with E-state index in [0.717, 1.165) is 22.7 Å². The van der Waals surface area contributed by atoms with Crippen LogP contribution in [-0.2, 0) is 4.79 Å². The molecule has 7 heteroatoms. The maximum atomic E-state index is 12.2. The molecule has 1 aromatic heterocycles. The Balaban J connectivity index is 1.65. The van der Waals surface area contributed by atoms with Crippen molar-refractivity contribution in [2.24, 2.45) is 0 Å². The summed E-state index contributed by atoms with van der Waals surface area (Å²) in [4.78, 5) is 16.6. The number of hydrogen-bond acceptors (Lipinski definition) is 4. The number of ether oxygens (including phenoxy) is 2. The molecule has 0 saturated heterocycles. The average Bonchev–Trinajstić information content (AvgIpc) is 3.27. The minimum absolute atomic E-state index is 0.0588. The molecule has 1 atom stereocenters. The SMILES string of the molecule is O=C1C[C@@H](c2ccc3c(c2)OCO3)c2c(ncn2-c2cccc(Cl)c2)N1. The summed E-state index contributed by atoms with van der Waals surface area (Å²) in [6, 6.07) is 13.3. The molecule has 3 heterocycles. The Kier molecular flexibility index (Phi) is 3.39. The molecule has 0 unspecified atom stereocenters. The Morgan fingerprint density at radius 3 is 2.92 bits per heavy atom. The van der Waals surface area contributed by atoms with Gasteiger partial charge in [-0.2, -0.15) is 0 Å². The second-order valence-corrected chi connectivity index (χ2v) is 6.68. The zero-order valence-corrected chi connectivity index (χ0v) is 14.4. The predicted octanol–water partition coefficient (Wildman–Crippen LogP) is 3.73. The normalized spacial score (nSPS) is 17.7. The van der Waals surface area contributed by atoms with Crippen molar-refractivity contribution in [3.05, 3.63) is 65.1 Å². The van der Waals surface area contributed by atoms with Gasteiger partial charge < -0.3 is 19.4 Å². The van der Waals surface area contributed by atoms with Crippen LogP contribution >= 0.6 is 11.6 Å². The van der Waals surface area contributed by atoms with Gasteiger partial charge in [-0.15, -0.1) is 0 Å². The Bertz CT molecular complexity index is 1030. The van der Waals surface area contributed by atoms with Gasteiger partial charge in [0.15, 0.2) is 17.3 Å². The number of aromatic nitrogens is 2. The molecule has 130 valence electrons. The number of nitrogens with one attached hydrogen (secondary N) is 1. The van der Waals surface area contributed by atoms with Crippen molar-refractivity contribution < 1.29 is 14.3 Å². The Morgan fingerprint density at radius 1 is 1.15 bits per heavy atom. The first kappa shape index (κ1) is 15.3. The summed E-state index contributed by atoms with van der Waals surface area (Å²) in [6.45, 7) is 0.218. The van der Waals surface area contributed by atoms with Crippen LogP contribution in [0, 0.1) is 0 Å². The predicted molar refractivity (Wildman–Crippen MR) is 96.2 cm³/mol. The smallest absolute Gasteiger partial charge is 0.231 e. The summed E-state index contributed by atoms with van der Waals surface area (Å²) in [5, 5.41) is 3.50. The van der Waals surface area contributed by atoms with Gasteiger partial charge in [0.05, 0.1) is 5.69 Å². The van der Waals surface area contributed by atoms with Crippen LogP contribution in [0.4, 0.5) is 5.82 Å². The number of halogens is 1. The molecule has 0 spiro atoms. The summed E-state index contributed by atoms with van der Waals surface area (Å²) in [7, 11) is 0. The van der Waals surface area contributed by atoms with Crippen LogP contribution in [0.5, 0.6) is 11.5 Å². The third kappa shape index (κ3) is 2.42. The minimum atomic E-state index is -0.144. The van der Waals surface area contributed by atoms with E-state index in [-0.39, 0.29) is 18.6 Å². The van der Waals surface area contributed by atoms with E-state index in [1.54, 1.807) is 6.33 Å². The highest BCUT2D eigenvalue weighted by Crippen LogP contribution is 2.41. The highest BCUT2D eigenvalue weighted by atomic mass is 35.5. The van der Waals surface area contributed by atoms with Crippen molar-refractivity contribution in [1.82, 2.24) is 9.55 Å². The molecule has 2 aromatic carbocycles. The first-order valence-corrected chi connectivity index (χ1v) is 8.59. The van der Waals surface area contributed by atoms with Gasteiger partial charge in [0.1, 0.15) is 6.33 Å². The fourth-order valence-electron chi connectivity index (χ4n) is 3.49. The molecule has 2 aliphatic rings. The summed E-state index contributed by atoms with van der Waals surface area (Å²) in [6.07, 6.45) is 2.04. The summed E-state index contributed by atoms with van der Waals surface area (Å²) in [5.74, 6) is 1.79. The fraction of sp³-hybridized carbons (Fsp3) is 0.158. The van der Waals surface area contributed by atoms with E-state index in [1.807, 2.05) is 47.0 Å². The quantitative estimate of drug-likeness (QED) is 0.749. The van der Waals surface area contributed by atoms with Crippen LogP contribution in [0.15, 0.2) is 48.8 Å². The molecular formula is C19H14ClN3O3. The van der Waals surface area contributed by atoms with Gasteiger partial charge in [-0.25, -0.2) is 4.98 Å². The number of hydrogen-bond donors (Lipinski definition) is 1. The van der Waals surface area contributed by atoms with Crippen LogP contribution in [-0.4, -0.2) is 22.3 Å². The maximum absolute atomic E-state index is 12.2. The largest absolute Gasteiger partial charge is 0.454 e. The van der Waals surface area contributed by atoms with Crippen molar-refractivity contribution >= 4 is 23.3 Å². The summed E-state index contributed by atoms with van der Waals surface area (Å²) < 4.78 is 12.9. The van der Waals surface area contributed by atoms with E-state index in [4.69, 9.17) is 21.1 Å². The third-order valence-corrected chi connectivity index (χ3v) is 4.90. The van der Waals surface area contributed by atoms with Crippen LogP contribution < -0.4 is 14.8 Å². The number of fused-ring (bicyclic) bond motifs is 2. The van der Waals surface area contributed by atoms with Crippen molar-refractivity contribution in [3.8, 4) is 17.2 Å². The van der Waals surface area contributed by atoms with E-state index in [1.165, 1.54) is 0 Å². The first-order valence-electron chi connectivity index (χ1n) is 8.21. The van der Waals surface area contributed by atoms with Crippen molar-refractivity contribution in [2.75, 3.05) is 12.1 Å². The molecule has 0 bridgehead atoms. The maximum Gasteiger partial charge on any atom is 0.231 e. The molecular weight excluding hydrogens is 354 g/mol. The second kappa shape index (κ2) is 5.78. The lowest BCUT2D eigenvalue weighted by Gasteiger charge is -2.25. The number of anilines is 1. The summed E-state index contributed by atoms with van der Waals surface area (Å²) >= 11 is 6.15. The molecule has 6 nitrogen and oxygen atoms in total. The fourth-order valence-corrected chi connectivity index (χ4v) is 3.67. The molecule has 0 aliphatic carbocycles. The second-order valence-electron chi connectivity index (χ2n) is 6.25. The number of benzene rings is 2. The van der Waals surface area contributed by atoms with Crippen LogP contribution in [0.1, 0.15) is 23.6 Å². The van der Waals surface area contributed by atoms with Gasteiger partial charge in [0.2, 0.25) is 12.7 Å². The van der Waals surface area contributed by atoms with E-state index in [9.17, 15) is 4.79 Å². The number of imidazole rings is 1. The van der Waals surface area contributed by atoms with E-state index < -0.39 is 0 Å². The molecule has 5 rings (SSSR count). The zero-order chi connectivity index (χ0) is 17.7. The standard InChI is InChI=1S/C19H14ClN3O3/c20-12-2-1-3-13(7-12)23-9-21-19-18(23)14(8-17(24)22-19)11-4-5-15-16(6-11)26-10-25-15/h1-7,9,14H,8,10H2,(H,22,24)/t14-/m0/s1. The lowest BCUT2D eigenvalue weighted by atomic mass is 9.89. The lowest BCUT2D eigenvalue weighted by Crippen LogP contribution is -2.25. The molecule has 0 fully saturated rings. The van der Waals surface area contributed by atoms with Crippen molar-refractivity contribution in [3.63, 3.8) is 0 Å². The number of carbonyl (C=O) groups excluding carboxylic acids is 1. The van der Waals surface area contributed by atoms with Gasteiger partial charge in [-0.05, 0) is 35.9 Å².